The van der Waals surface area contributed by atoms with Gasteiger partial charge in [-0.3, -0.25) is 4.79 Å². The minimum atomic E-state index is -3.50. The van der Waals surface area contributed by atoms with E-state index >= 15 is 0 Å². The molecule has 28 heavy (non-hydrogen) atoms. The van der Waals surface area contributed by atoms with Gasteiger partial charge in [-0.2, -0.15) is 4.31 Å². The second-order valence-corrected chi connectivity index (χ2v) is 9.81. The summed E-state index contributed by atoms with van der Waals surface area (Å²) in [7, 11) is -1.93. The quantitative estimate of drug-likeness (QED) is 0.664. The molecule has 0 aliphatic heterocycles. The predicted octanol–water partition coefficient (Wildman–Crippen LogP) is 2.87. The van der Waals surface area contributed by atoms with Crippen molar-refractivity contribution in [2.75, 3.05) is 12.8 Å². The number of carbonyl (C=O) groups is 1. The first-order valence-corrected chi connectivity index (χ1v) is 11.6. The number of benzene rings is 1. The number of hydrogen-bond acceptors (Lipinski definition) is 6. The molecule has 0 fully saturated rings. The number of amides is 1. The number of carbonyl (C=O) groups excluding carboxylic acids is 1. The zero-order valence-electron chi connectivity index (χ0n) is 16.9. The first-order chi connectivity index (χ1) is 13.1. The van der Waals surface area contributed by atoms with E-state index in [0.29, 0.717) is 18.1 Å². The molecule has 0 aliphatic rings. The Morgan fingerprint density at radius 2 is 1.89 bits per heavy atom. The van der Waals surface area contributed by atoms with Crippen LogP contribution in [0.25, 0.3) is 0 Å². The SMILES string of the molecule is Cc1noc(C)c1CSCC(=O)NCc1ccc(S(=O)(=O)N(C)C(C)C)cc1. The molecule has 0 saturated heterocycles. The molecular formula is C19H27N3O4S2. The average Bonchev–Trinajstić information content (AvgIpc) is 2.98. The molecule has 1 aromatic heterocycles. The third-order valence-corrected chi connectivity index (χ3v) is 7.48. The number of nitrogens with one attached hydrogen (secondary N) is 1. The summed E-state index contributed by atoms with van der Waals surface area (Å²) in [6.07, 6.45) is 0. The second-order valence-electron chi connectivity index (χ2n) is 6.83. The molecule has 1 N–H and O–H groups in total. The molecule has 1 aromatic carbocycles. The van der Waals surface area contributed by atoms with E-state index in [0.717, 1.165) is 22.6 Å². The van der Waals surface area contributed by atoms with Crippen LogP contribution in [0, 0.1) is 13.8 Å². The fraction of sp³-hybridized carbons (Fsp3) is 0.474. The van der Waals surface area contributed by atoms with Gasteiger partial charge in [0, 0.05) is 31.0 Å². The van der Waals surface area contributed by atoms with Crippen LogP contribution in [-0.2, 0) is 27.1 Å². The fourth-order valence-electron chi connectivity index (χ4n) is 2.43. The molecular weight excluding hydrogens is 398 g/mol. The first-order valence-electron chi connectivity index (χ1n) is 8.96. The minimum Gasteiger partial charge on any atom is -0.361 e. The van der Waals surface area contributed by atoms with E-state index in [1.165, 1.54) is 16.1 Å². The molecule has 2 rings (SSSR count). The summed E-state index contributed by atoms with van der Waals surface area (Å²) in [5.41, 5.74) is 2.72. The molecule has 1 amide bonds. The molecule has 0 saturated carbocycles. The van der Waals surface area contributed by atoms with Crippen LogP contribution in [0.3, 0.4) is 0 Å². The van der Waals surface area contributed by atoms with E-state index in [1.807, 2.05) is 27.7 Å². The Hall–Kier alpha value is -1.84. The normalized spacial score (nSPS) is 12.0. The van der Waals surface area contributed by atoms with Crippen LogP contribution >= 0.6 is 11.8 Å². The van der Waals surface area contributed by atoms with Gasteiger partial charge in [0.1, 0.15) is 5.76 Å². The summed E-state index contributed by atoms with van der Waals surface area (Å²) in [4.78, 5) is 12.3. The molecule has 1 heterocycles. The van der Waals surface area contributed by atoms with Crippen molar-refractivity contribution >= 4 is 27.7 Å². The number of aryl methyl sites for hydroxylation is 2. The lowest BCUT2D eigenvalue weighted by atomic mass is 10.2. The topological polar surface area (TPSA) is 92.5 Å². The number of thioether (sulfide) groups is 1. The van der Waals surface area contributed by atoms with Crippen molar-refractivity contribution in [3.63, 3.8) is 0 Å². The molecule has 0 bridgehead atoms. The maximum Gasteiger partial charge on any atom is 0.243 e. The van der Waals surface area contributed by atoms with E-state index in [1.54, 1.807) is 31.3 Å². The van der Waals surface area contributed by atoms with Crippen LogP contribution in [0.1, 0.15) is 36.4 Å². The van der Waals surface area contributed by atoms with Crippen LogP contribution in [0.4, 0.5) is 0 Å². The maximum atomic E-state index is 12.5. The molecule has 0 radical (unpaired) electrons. The molecule has 154 valence electrons. The Kier molecular flexibility index (Phi) is 7.68. The highest BCUT2D eigenvalue weighted by Crippen LogP contribution is 2.19. The highest BCUT2D eigenvalue weighted by molar-refractivity contribution is 7.99. The molecule has 0 spiro atoms. The van der Waals surface area contributed by atoms with Crippen molar-refractivity contribution in [2.24, 2.45) is 0 Å². The van der Waals surface area contributed by atoms with Crippen molar-refractivity contribution in [3.05, 3.63) is 46.8 Å². The van der Waals surface area contributed by atoms with Gasteiger partial charge in [-0.05, 0) is 45.4 Å². The summed E-state index contributed by atoms with van der Waals surface area (Å²) >= 11 is 1.50. The zero-order chi connectivity index (χ0) is 20.9. The Morgan fingerprint density at radius 3 is 2.43 bits per heavy atom. The fourth-order valence-corrected chi connectivity index (χ4v) is 4.80. The molecule has 0 unspecified atom stereocenters. The van der Waals surface area contributed by atoms with Crippen LogP contribution in [0.5, 0.6) is 0 Å². The predicted molar refractivity (Wildman–Crippen MR) is 111 cm³/mol. The van der Waals surface area contributed by atoms with Gasteiger partial charge >= 0.3 is 0 Å². The van der Waals surface area contributed by atoms with Crippen molar-refractivity contribution in [3.8, 4) is 0 Å². The molecule has 0 aliphatic carbocycles. The van der Waals surface area contributed by atoms with Gasteiger partial charge in [0.05, 0.1) is 16.3 Å². The van der Waals surface area contributed by atoms with E-state index in [-0.39, 0.29) is 16.8 Å². The molecule has 9 heteroatoms. The maximum absolute atomic E-state index is 12.5. The van der Waals surface area contributed by atoms with Crippen LogP contribution in [0.15, 0.2) is 33.7 Å². The summed E-state index contributed by atoms with van der Waals surface area (Å²) in [6, 6.07) is 6.47. The summed E-state index contributed by atoms with van der Waals surface area (Å²) in [5, 5.41) is 6.75. The number of nitrogens with zero attached hydrogens (tertiary/aromatic N) is 2. The average molecular weight is 426 g/mol. The number of rotatable bonds is 9. The standard InChI is InChI=1S/C19H27N3O4S2/c1-13(2)22(5)28(24,25)17-8-6-16(7-9-17)10-20-19(23)12-27-11-18-14(3)21-26-15(18)4/h6-9,13H,10-12H2,1-5H3,(H,20,23). The second kappa shape index (κ2) is 9.58. The van der Waals surface area contributed by atoms with Gasteiger partial charge in [0.15, 0.2) is 0 Å². The van der Waals surface area contributed by atoms with E-state index in [2.05, 4.69) is 10.5 Å². The molecule has 0 atom stereocenters. The summed E-state index contributed by atoms with van der Waals surface area (Å²) < 4.78 is 31.4. The van der Waals surface area contributed by atoms with Gasteiger partial charge in [-0.1, -0.05) is 17.3 Å². The van der Waals surface area contributed by atoms with Gasteiger partial charge in [-0.25, -0.2) is 8.42 Å². The van der Waals surface area contributed by atoms with Gasteiger partial charge in [-0.15, -0.1) is 11.8 Å². The van der Waals surface area contributed by atoms with Crippen LogP contribution in [-0.4, -0.2) is 42.6 Å². The third kappa shape index (κ3) is 5.59. The third-order valence-electron chi connectivity index (χ3n) is 4.48. The van der Waals surface area contributed by atoms with Gasteiger partial charge in [0.2, 0.25) is 15.9 Å². The Balaban J connectivity index is 1.83. The highest BCUT2D eigenvalue weighted by atomic mass is 32.2. The summed E-state index contributed by atoms with van der Waals surface area (Å²) in [5.74, 6) is 1.71. The monoisotopic (exact) mass is 425 g/mol. The van der Waals surface area contributed by atoms with Crippen LogP contribution in [0.2, 0.25) is 0 Å². The van der Waals surface area contributed by atoms with Crippen molar-refractivity contribution in [1.82, 2.24) is 14.8 Å². The molecule has 7 nitrogen and oxygen atoms in total. The largest absolute Gasteiger partial charge is 0.361 e. The number of hydrogen-bond donors (Lipinski definition) is 1. The van der Waals surface area contributed by atoms with Crippen LogP contribution < -0.4 is 5.32 Å². The Labute approximate surface area is 170 Å². The Bertz CT molecular complexity index is 886. The lowest BCUT2D eigenvalue weighted by Crippen LogP contribution is -2.33. The van der Waals surface area contributed by atoms with Crippen molar-refractivity contribution in [1.29, 1.82) is 0 Å². The zero-order valence-corrected chi connectivity index (χ0v) is 18.5. The number of aromatic nitrogens is 1. The van der Waals surface area contributed by atoms with Gasteiger partial charge < -0.3 is 9.84 Å². The lowest BCUT2D eigenvalue weighted by molar-refractivity contribution is -0.118. The smallest absolute Gasteiger partial charge is 0.243 e. The lowest BCUT2D eigenvalue weighted by Gasteiger charge is -2.21. The van der Waals surface area contributed by atoms with Crippen molar-refractivity contribution < 1.29 is 17.7 Å². The number of sulfonamides is 1. The summed E-state index contributed by atoms with van der Waals surface area (Å²) in [6.45, 7) is 7.75. The minimum absolute atomic E-state index is 0.0759. The highest BCUT2D eigenvalue weighted by Gasteiger charge is 2.22. The van der Waals surface area contributed by atoms with E-state index < -0.39 is 10.0 Å². The molecule has 2 aromatic rings. The Morgan fingerprint density at radius 1 is 1.25 bits per heavy atom. The van der Waals surface area contributed by atoms with Gasteiger partial charge in [0.25, 0.3) is 0 Å². The van der Waals surface area contributed by atoms with Crippen molar-refractivity contribution in [2.45, 2.75) is 50.9 Å². The van der Waals surface area contributed by atoms with E-state index in [9.17, 15) is 13.2 Å². The first kappa shape index (κ1) is 22.4. The van der Waals surface area contributed by atoms with E-state index in [4.69, 9.17) is 4.52 Å².